The molecule has 0 saturated carbocycles. The summed E-state index contributed by atoms with van der Waals surface area (Å²) < 4.78 is 0. The van der Waals surface area contributed by atoms with Gasteiger partial charge in [0.25, 0.3) is 0 Å². The van der Waals surface area contributed by atoms with Crippen LogP contribution in [0.1, 0.15) is 12.1 Å². The van der Waals surface area contributed by atoms with E-state index in [1.165, 1.54) is 11.3 Å². The van der Waals surface area contributed by atoms with Gasteiger partial charge in [-0.1, -0.05) is 0 Å². The van der Waals surface area contributed by atoms with Crippen molar-refractivity contribution in [2.24, 2.45) is 0 Å². The van der Waals surface area contributed by atoms with Gasteiger partial charge in [-0.25, -0.2) is 4.98 Å². The van der Waals surface area contributed by atoms with Crippen molar-refractivity contribution < 1.29 is 4.79 Å². The van der Waals surface area contributed by atoms with Crippen LogP contribution < -0.4 is 11.1 Å². The third-order valence-electron chi connectivity index (χ3n) is 3.22. The van der Waals surface area contributed by atoms with Crippen molar-refractivity contribution in [2.45, 2.75) is 13.0 Å². The number of hydrogen-bond donors (Lipinski definition) is 2. The highest BCUT2D eigenvalue weighted by molar-refractivity contribution is 7.13. The van der Waals surface area contributed by atoms with Crippen molar-refractivity contribution in [1.29, 1.82) is 0 Å². The van der Waals surface area contributed by atoms with Crippen molar-refractivity contribution in [3.05, 3.63) is 11.1 Å². The normalized spacial score (nSPS) is 18.2. The predicted octanol–water partition coefficient (Wildman–Crippen LogP) is -0.0210. The number of amides is 1. The molecule has 0 radical (unpaired) electrons. The van der Waals surface area contributed by atoms with Crippen LogP contribution in [0.25, 0.3) is 0 Å². The number of hydrogen-bond acceptors (Lipinski definition) is 6. The number of carbonyl (C=O) groups excluding carboxylic acids is 1. The number of nitrogens with one attached hydrogen (secondary N) is 1. The summed E-state index contributed by atoms with van der Waals surface area (Å²) in [7, 11) is 2.12. The van der Waals surface area contributed by atoms with Crippen LogP contribution in [0.15, 0.2) is 5.38 Å². The first kappa shape index (κ1) is 14.2. The van der Waals surface area contributed by atoms with Crippen LogP contribution in [0, 0.1) is 0 Å². The number of aromatic nitrogens is 1. The Balaban J connectivity index is 1.71. The molecular formula is C12H21N5OS. The van der Waals surface area contributed by atoms with E-state index in [9.17, 15) is 4.79 Å². The Labute approximate surface area is 117 Å². The van der Waals surface area contributed by atoms with E-state index in [-0.39, 0.29) is 5.91 Å². The molecule has 7 heteroatoms. The van der Waals surface area contributed by atoms with Gasteiger partial charge in [-0.3, -0.25) is 9.69 Å². The largest absolute Gasteiger partial charge is 0.375 e. The molecule has 6 nitrogen and oxygen atoms in total. The summed E-state index contributed by atoms with van der Waals surface area (Å²) in [5.41, 5.74) is 6.37. The second-order valence-electron chi connectivity index (χ2n) is 4.89. The van der Waals surface area contributed by atoms with E-state index in [0.29, 0.717) is 18.2 Å². The highest BCUT2D eigenvalue weighted by Crippen LogP contribution is 2.10. The zero-order valence-electron chi connectivity index (χ0n) is 11.3. The summed E-state index contributed by atoms with van der Waals surface area (Å²) in [5.74, 6) is 0.0520. The highest BCUT2D eigenvalue weighted by Gasteiger charge is 2.14. The molecule has 1 aliphatic rings. The zero-order chi connectivity index (χ0) is 13.7. The maximum absolute atomic E-state index is 11.9. The maximum atomic E-state index is 11.9. The number of nitrogen functional groups attached to an aromatic ring is 1. The number of rotatable bonds is 4. The molecule has 0 aliphatic carbocycles. The number of carbonyl (C=O) groups is 1. The molecule has 3 N–H and O–H groups in total. The van der Waals surface area contributed by atoms with E-state index >= 15 is 0 Å². The second-order valence-corrected chi connectivity index (χ2v) is 5.78. The Bertz CT molecular complexity index is 422. The fraction of sp³-hybridized carbons (Fsp3) is 0.667. The van der Waals surface area contributed by atoms with Crippen molar-refractivity contribution in [3.63, 3.8) is 0 Å². The van der Waals surface area contributed by atoms with E-state index in [2.05, 4.69) is 27.1 Å². The minimum atomic E-state index is 0.0520. The molecule has 0 spiro atoms. The van der Waals surface area contributed by atoms with Crippen LogP contribution in [0.4, 0.5) is 5.13 Å². The summed E-state index contributed by atoms with van der Waals surface area (Å²) in [6, 6.07) is 0. The molecule has 0 bridgehead atoms. The average Bonchev–Trinajstić information content (AvgIpc) is 2.68. The fourth-order valence-electron chi connectivity index (χ4n) is 2.11. The van der Waals surface area contributed by atoms with Gasteiger partial charge in [0, 0.05) is 18.5 Å². The quantitative estimate of drug-likeness (QED) is 0.812. The predicted molar refractivity (Wildman–Crippen MR) is 76.9 cm³/mol. The number of thiazole rings is 1. The Hall–Kier alpha value is -1.18. The Morgan fingerprint density at radius 3 is 3.05 bits per heavy atom. The molecule has 0 unspecified atom stereocenters. The molecule has 1 aliphatic heterocycles. The van der Waals surface area contributed by atoms with Gasteiger partial charge in [0.05, 0.1) is 18.8 Å². The van der Waals surface area contributed by atoms with E-state index in [1.807, 2.05) is 5.38 Å². The van der Waals surface area contributed by atoms with Gasteiger partial charge in [0.2, 0.25) is 5.91 Å². The first-order valence-electron chi connectivity index (χ1n) is 6.51. The van der Waals surface area contributed by atoms with Crippen LogP contribution in [-0.2, 0) is 11.3 Å². The monoisotopic (exact) mass is 283 g/mol. The molecule has 0 atom stereocenters. The summed E-state index contributed by atoms with van der Waals surface area (Å²) >= 11 is 1.39. The van der Waals surface area contributed by atoms with Crippen LogP contribution in [0.5, 0.6) is 0 Å². The van der Waals surface area contributed by atoms with Crippen LogP contribution in [0.3, 0.4) is 0 Å². The molecule has 1 aromatic rings. The average molecular weight is 283 g/mol. The van der Waals surface area contributed by atoms with Crippen molar-refractivity contribution in [2.75, 3.05) is 45.5 Å². The maximum Gasteiger partial charge on any atom is 0.234 e. The molecule has 1 fully saturated rings. The summed E-state index contributed by atoms with van der Waals surface area (Å²) in [6.07, 6.45) is 1.12. The summed E-state index contributed by atoms with van der Waals surface area (Å²) in [6.45, 7) is 4.99. The molecule has 2 heterocycles. The van der Waals surface area contributed by atoms with E-state index in [1.54, 1.807) is 0 Å². The number of nitrogens with zero attached hydrogens (tertiary/aromatic N) is 3. The van der Waals surface area contributed by atoms with E-state index < -0.39 is 0 Å². The lowest BCUT2D eigenvalue weighted by atomic mass is 10.3. The molecular weight excluding hydrogens is 262 g/mol. The third kappa shape index (κ3) is 4.77. The minimum Gasteiger partial charge on any atom is -0.375 e. The molecule has 19 heavy (non-hydrogen) atoms. The molecule has 0 aromatic carbocycles. The van der Waals surface area contributed by atoms with Gasteiger partial charge in [-0.05, 0) is 26.6 Å². The standard InChI is InChI=1S/C12H21N5OS/c1-16-3-2-4-17(6-5-16)8-11(18)14-7-10-9-19-12(13)15-10/h9H,2-8H2,1H3,(H2,13,15)(H,14,18). The fourth-order valence-corrected chi connectivity index (χ4v) is 2.67. The second kappa shape index (κ2) is 6.83. The third-order valence-corrected chi connectivity index (χ3v) is 3.94. The lowest BCUT2D eigenvalue weighted by molar-refractivity contribution is -0.122. The number of nitrogens with two attached hydrogens (primary N) is 1. The molecule has 106 valence electrons. The highest BCUT2D eigenvalue weighted by atomic mass is 32.1. The minimum absolute atomic E-state index is 0.0520. The lowest BCUT2D eigenvalue weighted by Gasteiger charge is -2.19. The van der Waals surface area contributed by atoms with E-state index in [4.69, 9.17) is 5.73 Å². The van der Waals surface area contributed by atoms with Crippen molar-refractivity contribution in [3.8, 4) is 0 Å². The van der Waals surface area contributed by atoms with Crippen molar-refractivity contribution in [1.82, 2.24) is 20.1 Å². The SMILES string of the molecule is CN1CCCN(CC(=O)NCc2csc(N)n2)CC1. The van der Waals surface area contributed by atoms with Gasteiger partial charge in [0.1, 0.15) is 0 Å². The van der Waals surface area contributed by atoms with Crippen LogP contribution in [-0.4, -0.2) is 60.5 Å². The molecule has 1 amide bonds. The van der Waals surface area contributed by atoms with Gasteiger partial charge in [0.15, 0.2) is 5.13 Å². The van der Waals surface area contributed by atoms with E-state index in [0.717, 1.165) is 38.3 Å². The summed E-state index contributed by atoms with van der Waals surface area (Å²) in [5, 5.41) is 5.30. The lowest BCUT2D eigenvalue weighted by Crippen LogP contribution is -2.38. The first-order valence-corrected chi connectivity index (χ1v) is 7.39. The first-order chi connectivity index (χ1) is 9.13. The Morgan fingerprint density at radius 2 is 2.32 bits per heavy atom. The number of anilines is 1. The molecule has 2 rings (SSSR count). The smallest absolute Gasteiger partial charge is 0.234 e. The Morgan fingerprint density at radius 1 is 1.47 bits per heavy atom. The van der Waals surface area contributed by atoms with Crippen molar-refractivity contribution >= 4 is 22.4 Å². The Kier molecular flexibility index (Phi) is 5.12. The van der Waals surface area contributed by atoms with Gasteiger partial charge >= 0.3 is 0 Å². The topological polar surface area (TPSA) is 74.5 Å². The zero-order valence-corrected chi connectivity index (χ0v) is 12.1. The molecule has 1 saturated heterocycles. The molecule has 1 aromatic heterocycles. The van der Waals surface area contributed by atoms with Gasteiger partial charge in [-0.15, -0.1) is 11.3 Å². The van der Waals surface area contributed by atoms with Crippen LogP contribution in [0.2, 0.25) is 0 Å². The van der Waals surface area contributed by atoms with Gasteiger partial charge < -0.3 is 16.0 Å². The summed E-state index contributed by atoms with van der Waals surface area (Å²) in [4.78, 5) is 20.5. The van der Waals surface area contributed by atoms with Gasteiger partial charge in [-0.2, -0.15) is 0 Å². The number of likely N-dealkylation sites (N-methyl/N-ethyl adjacent to an activating group) is 1. The van der Waals surface area contributed by atoms with Crippen LogP contribution >= 0.6 is 11.3 Å².